The first-order valence-electron chi connectivity index (χ1n) is 5.33. The van der Waals surface area contributed by atoms with Crippen molar-refractivity contribution in [1.82, 2.24) is 0 Å². The van der Waals surface area contributed by atoms with Gasteiger partial charge >= 0.3 is 0 Å². The summed E-state index contributed by atoms with van der Waals surface area (Å²) in [5, 5.41) is 0.153. The third-order valence-corrected chi connectivity index (χ3v) is 4.29. The van der Waals surface area contributed by atoms with Crippen molar-refractivity contribution in [1.29, 1.82) is 0 Å². The normalized spacial score (nSPS) is 11.6. The fourth-order valence-electron chi connectivity index (χ4n) is 1.29. The standard InChI is InChI=1S/C11H16ClNO3S/c1-2-5-16-6-7-17(14,15)11-4-3-9(13)8-10(11)12/h3-4,8H,2,5-7,13H2,1H3. The van der Waals surface area contributed by atoms with Crippen molar-refractivity contribution in [3.8, 4) is 0 Å². The van der Waals surface area contributed by atoms with E-state index >= 15 is 0 Å². The van der Waals surface area contributed by atoms with Crippen molar-refractivity contribution >= 4 is 27.1 Å². The van der Waals surface area contributed by atoms with E-state index in [-0.39, 0.29) is 22.3 Å². The molecule has 0 aliphatic carbocycles. The van der Waals surface area contributed by atoms with Crippen molar-refractivity contribution in [3.63, 3.8) is 0 Å². The minimum Gasteiger partial charge on any atom is -0.399 e. The third kappa shape index (κ3) is 4.18. The van der Waals surface area contributed by atoms with Crippen LogP contribution in [0.25, 0.3) is 0 Å². The van der Waals surface area contributed by atoms with Crippen LogP contribution in [-0.4, -0.2) is 27.4 Å². The van der Waals surface area contributed by atoms with Gasteiger partial charge in [0, 0.05) is 12.3 Å². The van der Waals surface area contributed by atoms with E-state index in [1.54, 1.807) is 0 Å². The average Bonchev–Trinajstić information content (AvgIpc) is 2.24. The number of ether oxygens (including phenoxy) is 1. The Kier molecular flexibility index (Phi) is 5.24. The molecule has 0 amide bonds. The molecule has 0 unspecified atom stereocenters. The van der Waals surface area contributed by atoms with E-state index in [0.717, 1.165) is 6.42 Å². The van der Waals surface area contributed by atoms with E-state index in [2.05, 4.69) is 0 Å². The molecule has 1 aromatic rings. The molecule has 2 N–H and O–H groups in total. The Bertz CT molecular complexity index is 474. The maximum Gasteiger partial charge on any atom is 0.182 e. The topological polar surface area (TPSA) is 69.4 Å². The number of anilines is 1. The van der Waals surface area contributed by atoms with E-state index in [1.165, 1.54) is 18.2 Å². The van der Waals surface area contributed by atoms with Crippen LogP contribution in [0.15, 0.2) is 23.1 Å². The summed E-state index contributed by atoms with van der Waals surface area (Å²) < 4.78 is 29.0. The molecule has 0 bridgehead atoms. The summed E-state index contributed by atoms with van der Waals surface area (Å²) in [5.41, 5.74) is 5.95. The van der Waals surface area contributed by atoms with Gasteiger partial charge in [-0.25, -0.2) is 8.42 Å². The van der Waals surface area contributed by atoms with Crippen LogP contribution in [-0.2, 0) is 14.6 Å². The molecule has 0 saturated heterocycles. The highest BCUT2D eigenvalue weighted by Crippen LogP contribution is 2.24. The van der Waals surface area contributed by atoms with Crippen LogP contribution in [0.2, 0.25) is 5.02 Å². The Labute approximate surface area is 107 Å². The molecule has 1 aromatic carbocycles. The highest BCUT2D eigenvalue weighted by atomic mass is 35.5. The fourth-order valence-corrected chi connectivity index (χ4v) is 3.02. The van der Waals surface area contributed by atoms with Gasteiger partial charge in [-0.05, 0) is 24.6 Å². The van der Waals surface area contributed by atoms with E-state index in [1.807, 2.05) is 6.92 Å². The molecule has 4 nitrogen and oxygen atoms in total. The SMILES string of the molecule is CCCOCCS(=O)(=O)c1ccc(N)cc1Cl. The molecule has 0 aliphatic rings. The number of hydrogen-bond acceptors (Lipinski definition) is 4. The van der Waals surface area contributed by atoms with Crippen LogP contribution in [0.3, 0.4) is 0 Å². The van der Waals surface area contributed by atoms with Gasteiger partial charge in [-0.15, -0.1) is 0 Å². The molecule has 0 atom stereocenters. The third-order valence-electron chi connectivity index (χ3n) is 2.14. The second-order valence-electron chi connectivity index (χ2n) is 3.62. The summed E-state index contributed by atoms with van der Waals surface area (Å²) in [6, 6.07) is 4.37. The summed E-state index contributed by atoms with van der Waals surface area (Å²) in [6.07, 6.45) is 0.864. The molecule has 0 radical (unpaired) electrons. The molecular formula is C11H16ClNO3S. The summed E-state index contributed by atoms with van der Waals surface area (Å²) in [7, 11) is -3.40. The van der Waals surface area contributed by atoms with Gasteiger partial charge in [-0.3, -0.25) is 0 Å². The van der Waals surface area contributed by atoms with Crippen molar-refractivity contribution in [2.75, 3.05) is 24.7 Å². The van der Waals surface area contributed by atoms with Gasteiger partial charge in [-0.2, -0.15) is 0 Å². The Morgan fingerprint density at radius 1 is 1.35 bits per heavy atom. The summed E-state index contributed by atoms with van der Waals surface area (Å²) >= 11 is 5.85. The largest absolute Gasteiger partial charge is 0.399 e. The lowest BCUT2D eigenvalue weighted by atomic mass is 10.3. The molecule has 0 fully saturated rings. The Balaban J connectivity index is 2.76. The highest BCUT2D eigenvalue weighted by Gasteiger charge is 2.17. The molecule has 6 heteroatoms. The molecule has 0 spiro atoms. The second-order valence-corrected chi connectivity index (χ2v) is 6.11. The number of hydrogen-bond donors (Lipinski definition) is 1. The number of benzene rings is 1. The summed E-state index contributed by atoms with van der Waals surface area (Å²) in [4.78, 5) is 0.105. The van der Waals surface area contributed by atoms with Gasteiger partial charge in [0.05, 0.1) is 22.3 Å². The number of nitrogen functional groups attached to an aromatic ring is 1. The first kappa shape index (κ1) is 14.3. The first-order chi connectivity index (χ1) is 7.97. The molecule has 96 valence electrons. The molecule has 1 rings (SSSR count). The molecular weight excluding hydrogens is 262 g/mol. The van der Waals surface area contributed by atoms with Gasteiger partial charge in [0.1, 0.15) is 0 Å². The Morgan fingerprint density at radius 2 is 2.06 bits per heavy atom. The van der Waals surface area contributed by atoms with E-state index in [9.17, 15) is 8.42 Å². The van der Waals surface area contributed by atoms with Crippen LogP contribution in [0.4, 0.5) is 5.69 Å². The number of nitrogens with two attached hydrogens (primary N) is 1. The molecule has 0 aromatic heterocycles. The molecule has 17 heavy (non-hydrogen) atoms. The lowest BCUT2D eigenvalue weighted by Crippen LogP contribution is -2.13. The molecule has 0 aliphatic heterocycles. The van der Waals surface area contributed by atoms with Crippen molar-refractivity contribution in [2.24, 2.45) is 0 Å². The van der Waals surface area contributed by atoms with Crippen molar-refractivity contribution in [2.45, 2.75) is 18.2 Å². The van der Waals surface area contributed by atoms with Crippen molar-refractivity contribution in [3.05, 3.63) is 23.2 Å². The Morgan fingerprint density at radius 3 is 2.65 bits per heavy atom. The van der Waals surface area contributed by atoms with Gasteiger partial charge in [0.2, 0.25) is 0 Å². The van der Waals surface area contributed by atoms with Crippen LogP contribution >= 0.6 is 11.6 Å². The Hall–Kier alpha value is -0.780. The maximum absolute atomic E-state index is 11.9. The molecule has 0 heterocycles. The maximum atomic E-state index is 11.9. The van der Waals surface area contributed by atoms with E-state index in [0.29, 0.717) is 12.3 Å². The zero-order valence-corrected chi connectivity index (χ0v) is 11.2. The lowest BCUT2D eigenvalue weighted by Gasteiger charge is -2.07. The predicted octanol–water partition coefficient (Wildman–Crippen LogP) is 2.12. The van der Waals surface area contributed by atoms with E-state index < -0.39 is 9.84 Å². The van der Waals surface area contributed by atoms with Crippen LogP contribution in [0, 0.1) is 0 Å². The lowest BCUT2D eigenvalue weighted by molar-refractivity contribution is 0.149. The second kappa shape index (κ2) is 6.23. The van der Waals surface area contributed by atoms with Crippen LogP contribution in [0.1, 0.15) is 13.3 Å². The molecule has 0 saturated carbocycles. The summed E-state index contributed by atoms with van der Waals surface area (Å²) in [6.45, 7) is 2.70. The quantitative estimate of drug-likeness (QED) is 0.639. The van der Waals surface area contributed by atoms with Crippen LogP contribution in [0.5, 0.6) is 0 Å². The smallest absolute Gasteiger partial charge is 0.182 e. The fraction of sp³-hybridized carbons (Fsp3) is 0.455. The zero-order chi connectivity index (χ0) is 12.9. The van der Waals surface area contributed by atoms with Crippen LogP contribution < -0.4 is 5.73 Å². The number of rotatable bonds is 6. The van der Waals surface area contributed by atoms with Gasteiger partial charge in [0.25, 0.3) is 0 Å². The number of halogens is 1. The van der Waals surface area contributed by atoms with Gasteiger partial charge in [0.15, 0.2) is 9.84 Å². The average molecular weight is 278 g/mol. The minimum absolute atomic E-state index is 0.0728. The predicted molar refractivity (Wildman–Crippen MR) is 69.0 cm³/mol. The van der Waals surface area contributed by atoms with Crippen molar-refractivity contribution < 1.29 is 13.2 Å². The zero-order valence-electron chi connectivity index (χ0n) is 9.65. The highest BCUT2D eigenvalue weighted by molar-refractivity contribution is 7.91. The van der Waals surface area contributed by atoms with Gasteiger partial charge in [-0.1, -0.05) is 18.5 Å². The van der Waals surface area contributed by atoms with Gasteiger partial charge < -0.3 is 10.5 Å². The van der Waals surface area contributed by atoms with E-state index in [4.69, 9.17) is 22.1 Å². The minimum atomic E-state index is -3.40. The monoisotopic (exact) mass is 277 g/mol. The first-order valence-corrected chi connectivity index (χ1v) is 7.36. The summed E-state index contributed by atoms with van der Waals surface area (Å²) in [5.74, 6) is -0.0728. The number of sulfone groups is 1.